The van der Waals surface area contributed by atoms with Crippen LogP contribution in [-0.4, -0.2) is 81.6 Å². The normalized spacial score (nSPS) is 27.4. The van der Waals surface area contributed by atoms with E-state index in [1.165, 1.54) is 107 Å². The minimum atomic E-state index is 0.670. The first-order valence-electron chi connectivity index (χ1n) is 18.8. The van der Waals surface area contributed by atoms with Crippen LogP contribution in [0.4, 0.5) is 0 Å². The van der Waals surface area contributed by atoms with Crippen molar-refractivity contribution in [3.63, 3.8) is 0 Å². The highest BCUT2D eigenvalue weighted by Gasteiger charge is 2.42. The van der Waals surface area contributed by atoms with Crippen molar-refractivity contribution in [3.8, 4) is 0 Å². The summed E-state index contributed by atoms with van der Waals surface area (Å²) in [5.74, 6) is 5.61. The van der Waals surface area contributed by atoms with Gasteiger partial charge < -0.3 is 9.55 Å². The lowest BCUT2D eigenvalue weighted by atomic mass is 9.72. The second-order valence-electron chi connectivity index (χ2n) is 15.4. The average Bonchev–Trinajstić information content (AvgIpc) is 3.66. The van der Waals surface area contributed by atoms with Gasteiger partial charge in [-0.05, 0) is 128 Å². The van der Waals surface area contributed by atoms with Crippen molar-refractivity contribution in [2.24, 2.45) is 11.8 Å². The number of benzene rings is 2. The Hall–Kier alpha value is -1.86. The molecule has 2 aliphatic carbocycles. The first-order chi connectivity index (χ1) is 23.2. The number of aromatic nitrogens is 2. The van der Waals surface area contributed by atoms with Crippen LogP contribution in [-0.2, 0) is 19.4 Å². The molecule has 6 atom stereocenters. The summed E-state index contributed by atoms with van der Waals surface area (Å²) >= 11 is 4.08. The Balaban J connectivity index is 0.900. The minimum absolute atomic E-state index is 0.670. The number of piperidine rings is 2. The predicted octanol–water partition coefficient (Wildman–Crippen LogP) is 9.18. The van der Waals surface area contributed by atoms with E-state index in [2.05, 4.69) is 87.6 Å². The zero-order chi connectivity index (χ0) is 31.9. The summed E-state index contributed by atoms with van der Waals surface area (Å²) in [6, 6.07) is 15.6. The van der Waals surface area contributed by atoms with Crippen LogP contribution in [0.15, 0.2) is 48.8 Å². The van der Waals surface area contributed by atoms with Gasteiger partial charge in [0.2, 0.25) is 0 Å². The number of H-pyrrole nitrogens is 1. The number of thioether (sulfide) groups is 2. The molecule has 47 heavy (non-hydrogen) atoms. The monoisotopic (exact) mass is 668 g/mol. The fourth-order valence-electron chi connectivity index (χ4n) is 10.6. The number of fused-ring (bicyclic) bond motifs is 4. The fourth-order valence-corrected chi connectivity index (χ4v) is 12.1. The lowest BCUT2D eigenvalue weighted by Gasteiger charge is -2.47. The number of nitrogens with one attached hydrogen (secondary N) is 1. The van der Waals surface area contributed by atoms with Crippen LogP contribution in [0.2, 0.25) is 0 Å². The Labute approximate surface area is 291 Å². The molecular formula is C41H56N4S2. The third-order valence-electron chi connectivity index (χ3n) is 12.4. The van der Waals surface area contributed by atoms with Crippen LogP contribution in [0.3, 0.4) is 0 Å². The van der Waals surface area contributed by atoms with Crippen LogP contribution < -0.4 is 0 Å². The molecule has 6 heteroatoms. The van der Waals surface area contributed by atoms with Crippen molar-refractivity contribution in [3.05, 3.63) is 71.0 Å². The lowest BCUT2D eigenvalue weighted by Crippen LogP contribution is -2.50. The molecule has 0 amide bonds. The van der Waals surface area contributed by atoms with Gasteiger partial charge in [-0.1, -0.05) is 44.0 Å². The molecule has 2 aliphatic heterocycles. The molecule has 4 nitrogen and oxygen atoms in total. The number of aryl methyl sites for hydroxylation is 1. The summed E-state index contributed by atoms with van der Waals surface area (Å²) in [5, 5.41) is 3.15. The number of hydrogen-bond acceptors (Lipinski definition) is 4. The van der Waals surface area contributed by atoms with Gasteiger partial charge in [0.1, 0.15) is 0 Å². The van der Waals surface area contributed by atoms with Gasteiger partial charge in [0.05, 0.1) is 0 Å². The largest absolute Gasteiger partial charge is 0.361 e. The zero-order valence-electron chi connectivity index (χ0n) is 29.1. The molecule has 4 aromatic rings. The van der Waals surface area contributed by atoms with Gasteiger partial charge in [0.25, 0.3) is 0 Å². The number of unbranched alkanes of at least 4 members (excludes halogenated alkanes) is 3. The first kappa shape index (κ1) is 32.4. The quantitative estimate of drug-likeness (QED) is 0.144. The van der Waals surface area contributed by atoms with Gasteiger partial charge in [-0.15, -0.1) is 0 Å². The molecule has 1 N–H and O–H groups in total. The van der Waals surface area contributed by atoms with Gasteiger partial charge in [0.15, 0.2) is 0 Å². The minimum Gasteiger partial charge on any atom is -0.361 e. The van der Waals surface area contributed by atoms with E-state index >= 15 is 0 Å². The van der Waals surface area contributed by atoms with Gasteiger partial charge in [-0.2, -0.15) is 23.5 Å². The number of hydrogen-bond donors (Lipinski definition) is 1. The smallest absolute Gasteiger partial charge is 0.0486 e. The van der Waals surface area contributed by atoms with E-state index in [-0.39, 0.29) is 0 Å². The van der Waals surface area contributed by atoms with Crippen molar-refractivity contribution in [2.45, 2.75) is 95.2 Å². The van der Waals surface area contributed by atoms with E-state index in [1.54, 1.807) is 33.0 Å². The number of nitrogens with zero attached hydrogens (tertiary/aromatic N) is 3. The van der Waals surface area contributed by atoms with Gasteiger partial charge in [-0.25, -0.2) is 0 Å². The molecule has 0 radical (unpaired) electrons. The SMILES string of the molecule is CCCN1C[C@H](CSC)C[C@@H]2c3cccc4c3c(cn4CCCCCCN3C[C@H](CSC)C[C@@H]4c5cccc6[nH]cc(c56)C[C@H]43)C[C@H]21. The van der Waals surface area contributed by atoms with Crippen LogP contribution in [0.5, 0.6) is 0 Å². The second kappa shape index (κ2) is 14.2. The summed E-state index contributed by atoms with van der Waals surface area (Å²) in [5.41, 5.74) is 9.28. The Morgan fingerprint density at radius 2 is 1.36 bits per heavy atom. The molecule has 2 saturated heterocycles. The number of likely N-dealkylation sites (tertiary alicyclic amines) is 2. The summed E-state index contributed by atoms with van der Waals surface area (Å²) in [4.78, 5) is 9.36. The highest BCUT2D eigenvalue weighted by molar-refractivity contribution is 7.98. The van der Waals surface area contributed by atoms with Crippen molar-refractivity contribution in [1.29, 1.82) is 0 Å². The molecule has 2 aromatic heterocycles. The molecule has 0 unspecified atom stereocenters. The molecular weight excluding hydrogens is 613 g/mol. The van der Waals surface area contributed by atoms with Gasteiger partial charge >= 0.3 is 0 Å². The summed E-state index contributed by atoms with van der Waals surface area (Å²) in [7, 11) is 0. The molecule has 0 saturated carbocycles. The second-order valence-corrected chi connectivity index (χ2v) is 17.3. The van der Waals surface area contributed by atoms with Crippen LogP contribution >= 0.6 is 23.5 Å². The topological polar surface area (TPSA) is 27.2 Å². The molecule has 4 heterocycles. The summed E-state index contributed by atoms with van der Waals surface area (Å²) in [6.45, 7) is 8.61. The molecule has 0 bridgehead atoms. The fraction of sp³-hybridized carbons (Fsp3) is 0.610. The van der Waals surface area contributed by atoms with E-state index < -0.39 is 0 Å². The average molecular weight is 669 g/mol. The Kier molecular flexibility index (Phi) is 9.75. The van der Waals surface area contributed by atoms with E-state index in [1.807, 2.05) is 23.5 Å². The van der Waals surface area contributed by atoms with E-state index in [9.17, 15) is 0 Å². The highest BCUT2D eigenvalue weighted by Crippen LogP contribution is 2.47. The molecule has 2 aromatic carbocycles. The number of aromatic amines is 1. The molecule has 8 rings (SSSR count). The third kappa shape index (κ3) is 6.12. The van der Waals surface area contributed by atoms with E-state index in [0.717, 1.165) is 18.4 Å². The van der Waals surface area contributed by atoms with Crippen LogP contribution in [0.1, 0.15) is 86.0 Å². The van der Waals surface area contributed by atoms with Crippen molar-refractivity contribution in [1.82, 2.24) is 19.4 Å². The predicted molar refractivity (Wildman–Crippen MR) is 206 cm³/mol. The Bertz CT molecular complexity index is 1670. The van der Waals surface area contributed by atoms with Crippen LogP contribution in [0, 0.1) is 11.8 Å². The maximum atomic E-state index is 3.58. The van der Waals surface area contributed by atoms with Crippen molar-refractivity contribution >= 4 is 45.3 Å². The lowest BCUT2D eigenvalue weighted by molar-refractivity contribution is 0.0905. The zero-order valence-corrected chi connectivity index (χ0v) is 30.7. The standard InChI is InChI=1S/C41H56N4S2/c1-4-15-43-23-28(26-46-2)19-35-33-12-10-14-37-41(33)31(21-39(35)43)25-45(37)17-8-6-5-7-16-44-24-29(27-47-3)18-34-32-11-9-13-36-40(32)30(22-42-36)20-38(34)44/h9-14,22,25,28-29,34-35,38-39,42H,4-8,15-21,23-24,26-27H2,1-3H3/t28-,29-,34-,35-,38-,39-/m1/s1. The maximum absolute atomic E-state index is 3.58. The molecule has 252 valence electrons. The molecule has 4 aliphatic rings. The third-order valence-corrected chi connectivity index (χ3v) is 14.0. The Morgan fingerprint density at radius 1 is 0.723 bits per heavy atom. The van der Waals surface area contributed by atoms with Crippen molar-refractivity contribution in [2.75, 3.05) is 50.2 Å². The first-order valence-corrected chi connectivity index (χ1v) is 21.6. The van der Waals surface area contributed by atoms with Crippen molar-refractivity contribution < 1.29 is 0 Å². The highest BCUT2D eigenvalue weighted by atomic mass is 32.2. The summed E-state index contributed by atoms with van der Waals surface area (Å²) < 4.78 is 2.63. The van der Waals surface area contributed by atoms with Crippen LogP contribution in [0.25, 0.3) is 21.8 Å². The van der Waals surface area contributed by atoms with E-state index in [4.69, 9.17) is 0 Å². The van der Waals surface area contributed by atoms with E-state index in [0.29, 0.717) is 23.9 Å². The Morgan fingerprint density at radius 3 is 2.06 bits per heavy atom. The maximum Gasteiger partial charge on any atom is 0.0486 e. The molecule has 0 spiro atoms. The summed E-state index contributed by atoms with van der Waals surface area (Å²) in [6.07, 6.45) is 21.2. The number of rotatable bonds is 13. The van der Waals surface area contributed by atoms with Gasteiger partial charge in [0, 0.05) is 77.8 Å². The molecule has 2 fully saturated rings. The van der Waals surface area contributed by atoms with Gasteiger partial charge in [-0.3, -0.25) is 9.80 Å².